The molecule has 5 rings (SSSR count). The molecule has 2 N–H and O–H groups in total. The van der Waals surface area contributed by atoms with Crippen LogP contribution in [0.25, 0.3) is 6.08 Å². The first-order valence-corrected chi connectivity index (χ1v) is 11.6. The number of benzene rings is 3. The van der Waals surface area contributed by atoms with Crippen LogP contribution in [0.4, 0.5) is 8.78 Å². The van der Waals surface area contributed by atoms with Crippen LogP contribution in [0.15, 0.2) is 72.3 Å². The molecule has 0 spiro atoms. The van der Waals surface area contributed by atoms with Crippen LogP contribution in [0.2, 0.25) is 0 Å². The Bertz CT molecular complexity index is 1200. The molecule has 0 saturated heterocycles. The molecule has 2 nitrogen and oxygen atoms in total. The van der Waals surface area contributed by atoms with Crippen LogP contribution in [0, 0.1) is 17.6 Å². The van der Waals surface area contributed by atoms with Crippen molar-refractivity contribution in [3.8, 4) is 5.75 Å². The van der Waals surface area contributed by atoms with E-state index < -0.39 is 17.2 Å². The minimum Gasteiger partial charge on any atom is -0.508 e. The van der Waals surface area contributed by atoms with Crippen molar-refractivity contribution >= 4 is 6.08 Å². The molecule has 0 unspecified atom stereocenters. The molecule has 170 valence electrons. The van der Waals surface area contributed by atoms with Gasteiger partial charge in [0.1, 0.15) is 23.0 Å². The molecule has 3 aromatic carbocycles. The van der Waals surface area contributed by atoms with E-state index in [-0.39, 0.29) is 29.1 Å². The third-order valence-electron chi connectivity index (χ3n) is 7.90. The predicted octanol–water partition coefficient (Wildman–Crippen LogP) is 6.65. The van der Waals surface area contributed by atoms with Crippen LogP contribution in [0.1, 0.15) is 54.9 Å². The average Bonchev–Trinajstić information content (AvgIpc) is 2.80. The van der Waals surface area contributed by atoms with Gasteiger partial charge in [-0.1, -0.05) is 55.5 Å². The summed E-state index contributed by atoms with van der Waals surface area (Å²) < 4.78 is 30.0. The second kappa shape index (κ2) is 8.11. The van der Waals surface area contributed by atoms with Gasteiger partial charge in [0, 0.05) is 5.41 Å². The standard InChI is InChI=1S/C29H28F2O2/c1-2-28-17-22(15-19-7-4-3-5-8-19)29(33,27-25(30)9-6-10-26(27)31)18-21(28)12-11-20-16-23(32)13-14-24(20)28/h3-10,13-16,21,32-33H,2,11-12,17-18H2,1H3/b22-15+/t21-,28-,29+/m1/s1. The number of halogens is 2. The Labute approximate surface area is 193 Å². The van der Waals surface area contributed by atoms with Gasteiger partial charge < -0.3 is 10.2 Å². The van der Waals surface area contributed by atoms with Gasteiger partial charge in [-0.25, -0.2) is 8.78 Å². The summed E-state index contributed by atoms with van der Waals surface area (Å²) in [6.45, 7) is 2.14. The summed E-state index contributed by atoms with van der Waals surface area (Å²) in [5.41, 5.74) is 1.54. The lowest BCUT2D eigenvalue weighted by atomic mass is 9.51. The second-order valence-electron chi connectivity index (χ2n) is 9.50. The summed E-state index contributed by atoms with van der Waals surface area (Å²) >= 11 is 0. The molecular weight excluding hydrogens is 418 g/mol. The molecule has 0 bridgehead atoms. The van der Waals surface area contributed by atoms with Crippen molar-refractivity contribution in [2.45, 2.75) is 50.0 Å². The SMILES string of the molecule is CC[C@@]12C/C(=C\c3ccccc3)[C@](O)(c3c(F)cccc3F)C[C@H]1CCc1cc(O)ccc12. The highest BCUT2D eigenvalue weighted by atomic mass is 19.1. The van der Waals surface area contributed by atoms with Gasteiger partial charge in [0.25, 0.3) is 0 Å². The number of phenolic OH excluding ortho intramolecular Hbond substituents is 1. The highest BCUT2D eigenvalue weighted by molar-refractivity contribution is 5.59. The summed E-state index contributed by atoms with van der Waals surface area (Å²) in [4.78, 5) is 0. The van der Waals surface area contributed by atoms with E-state index in [9.17, 15) is 10.2 Å². The molecule has 1 saturated carbocycles. The lowest BCUT2D eigenvalue weighted by Crippen LogP contribution is -2.50. The molecule has 2 aliphatic carbocycles. The van der Waals surface area contributed by atoms with E-state index in [1.54, 1.807) is 6.07 Å². The normalized spacial score (nSPS) is 27.8. The maximum atomic E-state index is 15.0. The Balaban J connectivity index is 1.72. The third-order valence-corrected chi connectivity index (χ3v) is 7.90. The number of aryl methyl sites for hydroxylation is 1. The number of rotatable bonds is 3. The monoisotopic (exact) mass is 446 g/mol. The van der Waals surface area contributed by atoms with Crippen molar-refractivity contribution in [3.05, 3.63) is 106 Å². The second-order valence-corrected chi connectivity index (χ2v) is 9.50. The van der Waals surface area contributed by atoms with Gasteiger partial charge in [0.15, 0.2) is 0 Å². The molecule has 3 aromatic rings. The zero-order valence-corrected chi connectivity index (χ0v) is 18.7. The largest absolute Gasteiger partial charge is 0.508 e. The lowest BCUT2D eigenvalue weighted by Gasteiger charge is -2.54. The Morgan fingerprint density at radius 1 is 1.00 bits per heavy atom. The zero-order valence-electron chi connectivity index (χ0n) is 18.7. The summed E-state index contributed by atoms with van der Waals surface area (Å²) in [6, 6.07) is 18.9. The summed E-state index contributed by atoms with van der Waals surface area (Å²) in [6.07, 6.45) is 5.03. The van der Waals surface area contributed by atoms with E-state index in [4.69, 9.17) is 0 Å². The first-order valence-electron chi connectivity index (χ1n) is 11.6. The molecule has 0 amide bonds. The number of aliphatic hydroxyl groups is 1. The maximum Gasteiger partial charge on any atom is 0.132 e. The zero-order chi connectivity index (χ0) is 23.2. The van der Waals surface area contributed by atoms with Crippen molar-refractivity contribution in [3.63, 3.8) is 0 Å². The Morgan fingerprint density at radius 3 is 2.42 bits per heavy atom. The maximum absolute atomic E-state index is 15.0. The van der Waals surface area contributed by atoms with Crippen LogP contribution < -0.4 is 0 Å². The van der Waals surface area contributed by atoms with E-state index >= 15 is 8.78 Å². The van der Waals surface area contributed by atoms with Gasteiger partial charge in [-0.15, -0.1) is 0 Å². The number of fused-ring (bicyclic) bond motifs is 3. The van der Waals surface area contributed by atoms with Gasteiger partial charge >= 0.3 is 0 Å². The molecule has 2 aliphatic rings. The smallest absolute Gasteiger partial charge is 0.132 e. The topological polar surface area (TPSA) is 40.5 Å². The van der Waals surface area contributed by atoms with E-state index in [1.165, 1.54) is 23.8 Å². The molecule has 1 fully saturated rings. The van der Waals surface area contributed by atoms with E-state index in [2.05, 4.69) is 6.92 Å². The van der Waals surface area contributed by atoms with E-state index in [0.717, 1.165) is 30.4 Å². The van der Waals surface area contributed by atoms with Crippen LogP contribution >= 0.6 is 0 Å². The Hall–Kier alpha value is -2.98. The molecule has 3 atom stereocenters. The molecule has 0 aliphatic heterocycles. The summed E-state index contributed by atoms with van der Waals surface area (Å²) in [5, 5.41) is 22.1. The van der Waals surface area contributed by atoms with Gasteiger partial charge in [0.05, 0.1) is 5.56 Å². The van der Waals surface area contributed by atoms with E-state index in [0.29, 0.717) is 12.0 Å². The van der Waals surface area contributed by atoms with E-state index in [1.807, 2.05) is 48.5 Å². The minimum absolute atomic E-state index is 0.0523. The third kappa shape index (κ3) is 3.48. The molecule has 0 radical (unpaired) electrons. The van der Waals surface area contributed by atoms with Crippen LogP contribution in [-0.2, 0) is 17.4 Å². The Kier molecular flexibility index (Phi) is 5.37. The molecule has 4 heteroatoms. The van der Waals surface area contributed by atoms with Gasteiger partial charge in [-0.3, -0.25) is 0 Å². The highest BCUT2D eigenvalue weighted by Crippen LogP contribution is 2.59. The van der Waals surface area contributed by atoms with Gasteiger partial charge in [-0.2, -0.15) is 0 Å². The first-order chi connectivity index (χ1) is 15.9. The first kappa shape index (κ1) is 21.8. The molecule has 0 aromatic heterocycles. The number of hydrogen-bond donors (Lipinski definition) is 2. The molecule has 33 heavy (non-hydrogen) atoms. The van der Waals surface area contributed by atoms with Crippen LogP contribution in [-0.4, -0.2) is 10.2 Å². The van der Waals surface area contributed by atoms with Crippen LogP contribution in [0.3, 0.4) is 0 Å². The minimum atomic E-state index is -1.73. The van der Waals surface area contributed by atoms with Crippen molar-refractivity contribution in [1.82, 2.24) is 0 Å². The molecule has 0 heterocycles. The molecular formula is C29H28F2O2. The fourth-order valence-electron chi connectivity index (χ4n) is 6.29. The Morgan fingerprint density at radius 2 is 1.73 bits per heavy atom. The fourth-order valence-corrected chi connectivity index (χ4v) is 6.29. The summed E-state index contributed by atoms with van der Waals surface area (Å²) in [7, 11) is 0. The highest BCUT2D eigenvalue weighted by Gasteiger charge is 2.54. The van der Waals surface area contributed by atoms with Gasteiger partial charge in [0.2, 0.25) is 0 Å². The predicted molar refractivity (Wildman–Crippen MR) is 126 cm³/mol. The van der Waals surface area contributed by atoms with Crippen molar-refractivity contribution in [2.24, 2.45) is 5.92 Å². The van der Waals surface area contributed by atoms with Crippen LogP contribution in [0.5, 0.6) is 5.75 Å². The fraction of sp³-hybridized carbons (Fsp3) is 0.310. The van der Waals surface area contributed by atoms with Crippen molar-refractivity contribution in [1.29, 1.82) is 0 Å². The van der Waals surface area contributed by atoms with Gasteiger partial charge in [-0.05, 0) is 84.6 Å². The quantitative estimate of drug-likeness (QED) is 0.473. The number of hydrogen-bond acceptors (Lipinski definition) is 2. The lowest BCUT2D eigenvalue weighted by molar-refractivity contribution is -0.0135. The van der Waals surface area contributed by atoms with Crippen molar-refractivity contribution < 1.29 is 19.0 Å². The summed E-state index contributed by atoms with van der Waals surface area (Å²) in [5.74, 6) is -1.14. The number of aromatic hydroxyl groups is 1. The number of phenols is 1. The average molecular weight is 447 g/mol. The van der Waals surface area contributed by atoms with Crippen molar-refractivity contribution in [2.75, 3.05) is 0 Å².